The topological polar surface area (TPSA) is 97.0 Å². The van der Waals surface area contributed by atoms with Crippen molar-refractivity contribution < 1.29 is 9.59 Å². The Kier molecular flexibility index (Phi) is 4.08. The van der Waals surface area contributed by atoms with E-state index in [4.69, 9.17) is 10.5 Å². The molecule has 3 aromatic carbocycles. The quantitative estimate of drug-likeness (QED) is 0.560. The number of rotatable bonds is 3. The lowest BCUT2D eigenvalue weighted by Gasteiger charge is -2.14. The highest BCUT2D eigenvalue weighted by Crippen LogP contribution is 2.32. The second-order valence-electron chi connectivity index (χ2n) is 6.16. The molecule has 0 unspecified atom stereocenters. The minimum atomic E-state index is -0.413. The fourth-order valence-corrected chi connectivity index (χ4v) is 3.13. The number of hydrogen-bond acceptors (Lipinski definition) is 5. The van der Waals surface area contributed by atoms with E-state index in [-0.39, 0.29) is 17.0 Å². The van der Waals surface area contributed by atoms with Crippen molar-refractivity contribution in [1.29, 1.82) is 10.5 Å². The number of allylic oxidation sites excluding steroid dienone is 1. The normalized spacial score (nSPS) is 12.3. The van der Waals surface area contributed by atoms with Gasteiger partial charge >= 0.3 is 0 Å². The Labute approximate surface area is 160 Å². The zero-order valence-electron chi connectivity index (χ0n) is 14.5. The number of carbonyl (C=O) groups is 2. The van der Waals surface area contributed by atoms with Crippen LogP contribution < -0.4 is 10.2 Å². The number of carbonyl (C=O) groups excluding carboxylic acids is 2. The van der Waals surface area contributed by atoms with Gasteiger partial charge in [-0.2, -0.15) is 10.5 Å². The molecule has 0 fully saturated rings. The summed E-state index contributed by atoms with van der Waals surface area (Å²) in [5.41, 5.74) is 1.50. The lowest BCUT2D eigenvalue weighted by atomic mass is 10.1. The van der Waals surface area contributed by atoms with E-state index >= 15 is 0 Å². The van der Waals surface area contributed by atoms with Gasteiger partial charge in [0.2, 0.25) is 0 Å². The van der Waals surface area contributed by atoms with Gasteiger partial charge in [0.15, 0.2) is 0 Å². The number of amides is 2. The molecule has 1 aliphatic rings. The Balaban J connectivity index is 1.69. The SMILES string of the molecule is N#CC(C#N)=CNc1ccc2c(c1)C(=O)N(c1ccc3ccccc3c1)C2=O. The number of benzene rings is 3. The molecule has 1 aliphatic heterocycles. The minimum absolute atomic E-state index is 0.0966. The van der Waals surface area contributed by atoms with Gasteiger partial charge in [0.05, 0.1) is 16.8 Å². The Hall–Kier alpha value is -4.42. The van der Waals surface area contributed by atoms with Crippen molar-refractivity contribution in [2.24, 2.45) is 0 Å². The molecule has 0 aromatic heterocycles. The van der Waals surface area contributed by atoms with Crippen LogP contribution in [0.3, 0.4) is 0 Å². The molecule has 1 N–H and O–H groups in total. The molecule has 28 heavy (non-hydrogen) atoms. The van der Waals surface area contributed by atoms with Crippen molar-refractivity contribution in [3.05, 3.63) is 83.6 Å². The molecule has 6 nitrogen and oxygen atoms in total. The van der Waals surface area contributed by atoms with Crippen LogP contribution in [0.15, 0.2) is 72.4 Å². The molecule has 2 amide bonds. The van der Waals surface area contributed by atoms with E-state index in [1.165, 1.54) is 6.20 Å². The summed E-state index contributed by atoms with van der Waals surface area (Å²) in [6, 6.07) is 21.4. The fraction of sp³-hybridized carbons (Fsp3) is 0. The van der Waals surface area contributed by atoms with Crippen LogP contribution in [0, 0.1) is 22.7 Å². The van der Waals surface area contributed by atoms with Gasteiger partial charge in [0.25, 0.3) is 11.8 Å². The molecule has 0 aliphatic carbocycles. The van der Waals surface area contributed by atoms with E-state index in [2.05, 4.69) is 5.32 Å². The summed E-state index contributed by atoms with van der Waals surface area (Å²) in [6.45, 7) is 0. The summed E-state index contributed by atoms with van der Waals surface area (Å²) < 4.78 is 0. The summed E-state index contributed by atoms with van der Waals surface area (Å²) in [6.07, 6.45) is 1.25. The van der Waals surface area contributed by atoms with Crippen LogP contribution in [0.2, 0.25) is 0 Å². The van der Waals surface area contributed by atoms with E-state index in [1.54, 1.807) is 36.4 Å². The van der Waals surface area contributed by atoms with E-state index in [0.29, 0.717) is 16.9 Å². The summed E-state index contributed by atoms with van der Waals surface area (Å²) in [4.78, 5) is 26.9. The van der Waals surface area contributed by atoms with Crippen LogP contribution in [0.5, 0.6) is 0 Å². The fourth-order valence-electron chi connectivity index (χ4n) is 3.13. The van der Waals surface area contributed by atoms with Gasteiger partial charge in [0, 0.05) is 11.9 Å². The van der Waals surface area contributed by atoms with Gasteiger partial charge < -0.3 is 5.32 Å². The first-order valence-corrected chi connectivity index (χ1v) is 8.41. The van der Waals surface area contributed by atoms with Crippen molar-refractivity contribution in [3.63, 3.8) is 0 Å². The summed E-state index contributed by atoms with van der Waals surface area (Å²) >= 11 is 0. The van der Waals surface area contributed by atoms with Gasteiger partial charge in [-0.25, -0.2) is 4.90 Å². The largest absolute Gasteiger partial charge is 0.360 e. The number of anilines is 2. The highest BCUT2D eigenvalue weighted by molar-refractivity contribution is 6.34. The highest BCUT2D eigenvalue weighted by atomic mass is 16.2. The molecule has 1 heterocycles. The molecule has 3 aromatic rings. The molecule has 0 spiro atoms. The Bertz CT molecular complexity index is 1250. The maximum atomic E-state index is 12.9. The molecule has 0 saturated carbocycles. The number of fused-ring (bicyclic) bond motifs is 2. The molecule has 6 heteroatoms. The van der Waals surface area contributed by atoms with Gasteiger partial charge in [0.1, 0.15) is 17.7 Å². The average molecular weight is 364 g/mol. The van der Waals surface area contributed by atoms with Crippen LogP contribution in [0.25, 0.3) is 10.8 Å². The molecule has 0 bridgehead atoms. The third-order valence-corrected chi connectivity index (χ3v) is 4.50. The highest BCUT2D eigenvalue weighted by Gasteiger charge is 2.36. The van der Waals surface area contributed by atoms with Crippen molar-refractivity contribution in [2.75, 3.05) is 10.2 Å². The van der Waals surface area contributed by atoms with Gasteiger partial charge in [-0.3, -0.25) is 9.59 Å². The summed E-state index contributed by atoms with van der Waals surface area (Å²) in [5.74, 6) is -0.796. The molecular weight excluding hydrogens is 352 g/mol. The van der Waals surface area contributed by atoms with E-state index in [9.17, 15) is 9.59 Å². The number of nitrogens with zero attached hydrogens (tertiary/aromatic N) is 3. The molecular formula is C22H12N4O2. The van der Waals surface area contributed by atoms with E-state index < -0.39 is 5.91 Å². The van der Waals surface area contributed by atoms with Crippen LogP contribution in [0.1, 0.15) is 20.7 Å². The molecule has 0 saturated heterocycles. The van der Waals surface area contributed by atoms with Crippen molar-refractivity contribution in [1.82, 2.24) is 0 Å². The van der Waals surface area contributed by atoms with Gasteiger partial charge in [-0.15, -0.1) is 0 Å². The lowest BCUT2D eigenvalue weighted by Crippen LogP contribution is -2.29. The first-order chi connectivity index (χ1) is 13.6. The third kappa shape index (κ3) is 2.76. The molecule has 132 valence electrons. The molecule has 4 rings (SSSR count). The first-order valence-electron chi connectivity index (χ1n) is 8.41. The van der Waals surface area contributed by atoms with Crippen LogP contribution in [-0.4, -0.2) is 11.8 Å². The number of nitrogens with one attached hydrogen (secondary N) is 1. The van der Waals surface area contributed by atoms with Crippen LogP contribution in [0.4, 0.5) is 11.4 Å². The maximum Gasteiger partial charge on any atom is 0.266 e. The van der Waals surface area contributed by atoms with Crippen molar-refractivity contribution in [3.8, 4) is 12.1 Å². The zero-order chi connectivity index (χ0) is 19.7. The van der Waals surface area contributed by atoms with Crippen molar-refractivity contribution in [2.45, 2.75) is 0 Å². The predicted molar refractivity (Wildman–Crippen MR) is 104 cm³/mol. The molecule has 0 radical (unpaired) electrons. The Morgan fingerprint density at radius 2 is 1.57 bits per heavy atom. The minimum Gasteiger partial charge on any atom is -0.360 e. The average Bonchev–Trinajstić information content (AvgIpc) is 2.98. The monoisotopic (exact) mass is 364 g/mol. The summed E-state index contributed by atoms with van der Waals surface area (Å²) in [7, 11) is 0. The van der Waals surface area contributed by atoms with E-state index in [1.807, 2.05) is 36.4 Å². The lowest BCUT2D eigenvalue weighted by molar-refractivity contribution is 0.0926. The number of nitriles is 2. The number of imide groups is 1. The van der Waals surface area contributed by atoms with Crippen molar-refractivity contribution >= 4 is 34.0 Å². The molecule has 0 atom stereocenters. The third-order valence-electron chi connectivity index (χ3n) is 4.50. The summed E-state index contributed by atoms with van der Waals surface area (Å²) in [5, 5.41) is 22.3. The van der Waals surface area contributed by atoms with Gasteiger partial charge in [-0.05, 0) is 41.1 Å². The second kappa shape index (κ2) is 6.71. The zero-order valence-corrected chi connectivity index (χ0v) is 14.5. The van der Waals surface area contributed by atoms with Gasteiger partial charge in [-0.1, -0.05) is 30.3 Å². The van der Waals surface area contributed by atoms with Crippen LogP contribution in [-0.2, 0) is 0 Å². The first kappa shape index (κ1) is 17.0. The standard InChI is InChI=1S/C22H12N4O2/c23-11-14(12-24)13-25-17-6-8-19-20(10-17)22(28)26(21(19)27)18-7-5-15-3-1-2-4-16(15)9-18/h1-10,13,25H. The van der Waals surface area contributed by atoms with Crippen LogP contribution >= 0.6 is 0 Å². The Morgan fingerprint density at radius 3 is 2.32 bits per heavy atom. The Morgan fingerprint density at radius 1 is 0.857 bits per heavy atom. The second-order valence-corrected chi connectivity index (χ2v) is 6.16. The van der Waals surface area contributed by atoms with E-state index in [0.717, 1.165) is 15.7 Å². The maximum absolute atomic E-state index is 12.9. The number of hydrogen-bond donors (Lipinski definition) is 1. The smallest absolute Gasteiger partial charge is 0.266 e. The predicted octanol–water partition coefficient (Wildman–Crippen LogP) is 3.98.